The lowest BCUT2D eigenvalue weighted by Crippen LogP contribution is -2.12. The second kappa shape index (κ2) is 12.5. The topological polar surface area (TPSA) is 32.8 Å². The minimum atomic E-state index is 0.885. The molecule has 0 unspecified atom stereocenters. The average Bonchev–Trinajstić information content (AvgIpc) is 3.83. The average molecular weight is 745 g/mol. The molecule has 2 heterocycles. The zero-order chi connectivity index (χ0) is 38.5. The molecule has 58 heavy (non-hydrogen) atoms. The highest BCUT2D eigenvalue weighted by Gasteiger charge is 2.24. The minimum Gasteiger partial charge on any atom is -0.456 e. The number of furan rings is 2. The van der Waals surface area contributed by atoms with Crippen LogP contribution in [-0.2, 0) is 0 Å². The number of hydrogen-bond donors (Lipinski definition) is 0. The van der Waals surface area contributed by atoms with Crippen molar-refractivity contribution in [3.63, 3.8) is 0 Å². The molecule has 2 aromatic heterocycles. The fourth-order valence-corrected chi connectivity index (χ4v) is 9.31. The molecule has 0 spiro atoms. The molecular weight excluding hydrogens is 709 g/mol. The van der Waals surface area contributed by atoms with Crippen molar-refractivity contribution >= 4 is 110 Å². The van der Waals surface area contributed by atoms with Gasteiger partial charge >= 0.3 is 0 Å². The van der Waals surface area contributed by atoms with E-state index >= 15 is 0 Å². The van der Waals surface area contributed by atoms with E-state index in [-0.39, 0.29) is 0 Å². The van der Waals surface area contributed by atoms with Crippen LogP contribution in [0.25, 0.3) is 76.2 Å². The van der Waals surface area contributed by atoms with Crippen molar-refractivity contribution in [1.82, 2.24) is 0 Å². The van der Waals surface area contributed by atoms with Gasteiger partial charge in [0, 0.05) is 55.1 Å². The number of para-hydroxylation sites is 4. The van der Waals surface area contributed by atoms with Crippen LogP contribution in [0.4, 0.5) is 34.1 Å². The standard InChI is InChI=1S/C54H36N2O2/c1-33-11-3-7-15-45(33)55(37-23-29-51-43(31-37)39-13-5-9-17-49(39)57-51)47-27-21-35-20-26-42-48(28-22-36-19-25-41(47)53(35)54(36)42)56(46-16-8-4-12-34(46)2)38-24-30-52-44(32-38)40-14-6-10-18-50(40)58-52/h3-32H,1-2H3. The number of aryl methyl sites for hydroxylation is 2. The predicted molar refractivity (Wildman–Crippen MR) is 244 cm³/mol. The summed E-state index contributed by atoms with van der Waals surface area (Å²) >= 11 is 0. The first-order valence-electron chi connectivity index (χ1n) is 19.8. The fourth-order valence-electron chi connectivity index (χ4n) is 9.31. The predicted octanol–water partition coefficient (Wildman–Crippen LogP) is 15.9. The molecule has 0 amide bonds. The highest BCUT2D eigenvalue weighted by atomic mass is 16.3. The van der Waals surface area contributed by atoms with E-state index in [0.29, 0.717) is 0 Å². The molecular formula is C54H36N2O2. The van der Waals surface area contributed by atoms with Crippen molar-refractivity contribution in [2.75, 3.05) is 9.80 Å². The van der Waals surface area contributed by atoms with E-state index in [1.807, 2.05) is 24.3 Å². The van der Waals surface area contributed by atoms with Gasteiger partial charge in [0.05, 0.1) is 11.4 Å². The van der Waals surface area contributed by atoms with E-state index < -0.39 is 0 Å². The lowest BCUT2D eigenvalue weighted by atomic mass is 9.91. The SMILES string of the molecule is Cc1ccccc1N(c1ccc2oc3ccccc3c2c1)c1ccc2ccc3c(N(c4ccc5oc6ccccc6c5c4)c4ccccc4C)ccc4ccc1c2c43. The van der Waals surface area contributed by atoms with Crippen molar-refractivity contribution in [2.45, 2.75) is 13.8 Å². The summed E-state index contributed by atoms with van der Waals surface area (Å²) < 4.78 is 12.6. The first-order valence-corrected chi connectivity index (χ1v) is 19.8. The monoisotopic (exact) mass is 744 g/mol. The number of hydrogen-bond acceptors (Lipinski definition) is 4. The molecule has 4 nitrogen and oxygen atoms in total. The number of nitrogens with zero attached hydrogens (tertiary/aromatic N) is 2. The van der Waals surface area contributed by atoms with Crippen LogP contribution in [0, 0.1) is 13.8 Å². The van der Waals surface area contributed by atoms with Crippen molar-refractivity contribution in [3.05, 3.63) is 193 Å². The molecule has 0 aliphatic rings. The Morgan fingerprint density at radius 2 is 0.707 bits per heavy atom. The Labute approximate surface area is 334 Å². The van der Waals surface area contributed by atoms with Gasteiger partial charge in [-0.3, -0.25) is 0 Å². The van der Waals surface area contributed by atoms with Crippen molar-refractivity contribution in [2.24, 2.45) is 0 Å². The third kappa shape index (κ3) is 4.82. The summed E-state index contributed by atoms with van der Waals surface area (Å²) in [7, 11) is 0. The minimum absolute atomic E-state index is 0.885. The molecule has 274 valence electrons. The van der Waals surface area contributed by atoms with Gasteiger partial charge in [-0.05, 0) is 119 Å². The summed E-state index contributed by atoms with van der Waals surface area (Å²) in [6.45, 7) is 4.39. The quantitative estimate of drug-likeness (QED) is 0.159. The highest BCUT2D eigenvalue weighted by molar-refractivity contribution is 6.28. The Hall–Kier alpha value is -7.56. The Morgan fingerprint density at radius 1 is 0.310 bits per heavy atom. The summed E-state index contributed by atoms with van der Waals surface area (Å²) in [5.41, 5.74) is 12.6. The van der Waals surface area contributed by atoms with Gasteiger partial charge in [-0.1, -0.05) is 109 Å². The normalized spacial score (nSPS) is 12.0. The number of benzene rings is 10. The molecule has 12 rings (SSSR count). The number of fused-ring (bicyclic) bond motifs is 6. The number of anilines is 6. The molecule has 10 aromatic carbocycles. The Kier molecular flexibility index (Phi) is 7.02. The summed E-state index contributed by atoms with van der Waals surface area (Å²) in [4.78, 5) is 4.85. The molecule has 0 aliphatic heterocycles. The van der Waals surface area contributed by atoms with Gasteiger partial charge in [-0.2, -0.15) is 0 Å². The second-order valence-corrected chi connectivity index (χ2v) is 15.4. The molecule has 0 saturated carbocycles. The zero-order valence-corrected chi connectivity index (χ0v) is 32.0. The molecule has 0 atom stereocenters. The molecule has 0 bridgehead atoms. The van der Waals surface area contributed by atoms with Crippen molar-refractivity contribution in [1.29, 1.82) is 0 Å². The van der Waals surface area contributed by atoms with Gasteiger partial charge in [0.15, 0.2) is 0 Å². The van der Waals surface area contributed by atoms with Crippen LogP contribution in [0.15, 0.2) is 191 Å². The van der Waals surface area contributed by atoms with Gasteiger partial charge in [0.1, 0.15) is 22.3 Å². The first-order chi connectivity index (χ1) is 28.6. The van der Waals surface area contributed by atoms with E-state index in [1.54, 1.807) is 0 Å². The number of rotatable bonds is 6. The Balaban J connectivity index is 1.11. The van der Waals surface area contributed by atoms with E-state index in [0.717, 1.165) is 78.0 Å². The van der Waals surface area contributed by atoms with Crippen LogP contribution in [-0.4, -0.2) is 0 Å². The van der Waals surface area contributed by atoms with Crippen LogP contribution in [0.5, 0.6) is 0 Å². The Morgan fingerprint density at radius 3 is 1.17 bits per heavy atom. The highest BCUT2D eigenvalue weighted by Crippen LogP contribution is 2.49. The second-order valence-electron chi connectivity index (χ2n) is 15.4. The van der Waals surface area contributed by atoms with Crippen LogP contribution in [0.1, 0.15) is 11.1 Å². The third-order valence-corrected chi connectivity index (χ3v) is 12.1. The van der Waals surface area contributed by atoms with Crippen LogP contribution < -0.4 is 9.80 Å². The summed E-state index contributed by atoms with van der Waals surface area (Å²) in [6, 6.07) is 65.5. The van der Waals surface area contributed by atoms with Crippen molar-refractivity contribution in [3.8, 4) is 0 Å². The van der Waals surface area contributed by atoms with Gasteiger partial charge in [0.25, 0.3) is 0 Å². The Bertz CT molecular complexity index is 3340. The van der Waals surface area contributed by atoms with Gasteiger partial charge in [-0.25, -0.2) is 0 Å². The molecule has 4 heteroatoms. The summed E-state index contributed by atoms with van der Waals surface area (Å²) in [5.74, 6) is 0. The first kappa shape index (κ1) is 32.7. The van der Waals surface area contributed by atoms with E-state index in [9.17, 15) is 0 Å². The van der Waals surface area contributed by atoms with Crippen molar-refractivity contribution < 1.29 is 8.83 Å². The summed E-state index contributed by atoms with van der Waals surface area (Å²) in [6.07, 6.45) is 0. The molecule has 0 radical (unpaired) electrons. The lowest BCUT2D eigenvalue weighted by Gasteiger charge is -2.30. The zero-order valence-electron chi connectivity index (χ0n) is 32.0. The smallest absolute Gasteiger partial charge is 0.135 e. The van der Waals surface area contributed by atoms with Gasteiger partial charge in [0.2, 0.25) is 0 Å². The van der Waals surface area contributed by atoms with Gasteiger partial charge in [-0.15, -0.1) is 0 Å². The maximum Gasteiger partial charge on any atom is 0.135 e. The lowest BCUT2D eigenvalue weighted by molar-refractivity contribution is 0.668. The van der Waals surface area contributed by atoms with E-state index in [4.69, 9.17) is 8.83 Å². The van der Waals surface area contributed by atoms with E-state index in [1.165, 1.54) is 43.4 Å². The maximum absolute atomic E-state index is 6.28. The van der Waals surface area contributed by atoms with Crippen LogP contribution >= 0.6 is 0 Å². The molecule has 0 fully saturated rings. The largest absolute Gasteiger partial charge is 0.456 e. The molecule has 12 aromatic rings. The molecule has 0 saturated heterocycles. The molecule has 0 aliphatic carbocycles. The summed E-state index contributed by atoms with van der Waals surface area (Å²) in [5, 5.41) is 11.8. The third-order valence-electron chi connectivity index (χ3n) is 12.1. The van der Waals surface area contributed by atoms with Gasteiger partial charge < -0.3 is 18.6 Å². The maximum atomic E-state index is 6.28. The van der Waals surface area contributed by atoms with E-state index in [2.05, 4.69) is 181 Å². The van der Waals surface area contributed by atoms with Crippen LogP contribution in [0.2, 0.25) is 0 Å². The molecule has 0 N–H and O–H groups in total. The fraction of sp³-hybridized carbons (Fsp3) is 0.0370. The van der Waals surface area contributed by atoms with Crippen LogP contribution in [0.3, 0.4) is 0 Å².